The van der Waals surface area contributed by atoms with E-state index in [2.05, 4.69) is 14.5 Å². The van der Waals surface area contributed by atoms with Crippen LogP contribution in [0.1, 0.15) is 33.2 Å². The highest BCUT2D eigenvalue weighted by molar-refractivity contribution is 6.01. The lowest BCUT2D eigenvalue weighted by Crippen LogP contribution is -2.06. The highest BCUT2D eigenvalue weighted by atomic mass is 16.6. The molecule has 2 aromatic rings. The number of rotatable bonds is 5. The zero-order chi connectivity index (χ0) is 19.3. The number of hydrogen-bond donors (Lipinski definition) is 0. The van der Waals surface area contributed by atoms with Gasteiger partial charge in [-0.1, -0.05) is 0 Å². The van der Waals surface area contributed by atoms with Crippen molar-refractivity contribution in [3.05, 3.63) is 69.3 Å². The topological polar surface area (TPSA) is 108 Å². The Bertz CT molecular complexity index is 853. The van der Waals surface area contributed by atoms with Crippen molar-refractivity contribution in [1.29, 1.82) is 0 Å². The summed E-state index contributed by atoms with van der Waals surface area (Å²) in [6.45, 7) is 1.71. The first-order chi connectivity index (χ1) is 12.3. The maximum Gasteiger partial charge on any atom is 0.337 e. The lowest BCUT2D eigenvalue weighted by molar-refractivity contribution is -0.384. The summed E-state index contributed by atoms with van der Waals surface area (Å²) in [6.07, 6.45) is 0. The molecule has 0 bridgehead atoms. The minimum atomic E-state index is -0.611. The van der Waals surface area contributed by atoms with Crippen LogP contribution in [0, 0.1) is 10.1 Å². The van der Waals surface area contributed by atoms with Gasteiger partial charge in [0.05, 0.1) is 36.0 Å². The number of non-ortho nitro benzene ring substituents is 1. The molecule has 0 aliphatic heterocycles. The predicted octanol–water partition coefficient (Wildman–Crippen LogP) is 3.31. The van der Waals surface area contributed by atoms with Gasteiger partial charge >= 0.3 is 11.9 Å². The zero-order valence-corrected chi connectivity index (χ0v) is 14.4. The second-order valence-electron chi connectivity index (χ2n) is 5.25. The maximum absolute atomic E-state index is 11.8. The molecule has 8 nitrogen and oxygen atoms in total. The van der Waals surface area contributed by atoms with E-state index in [9.17, 15) is 19.7 Å². The molecule has 8 heteroatoms. The number of carbonyl (C=O) groups excluding carboxylic acids is 2. The first-order valence-electron chi connectivity index (χ1n) is 7.47. The van der Waals surface area contributed by atoms with Crippen molar-refractivity contribution < 1.29 is 24.0 Å². The largest absolute Gasteiger partial charge is 0.465 e. The molecule has 0 unspecified atom stereocenters. The minimum Gasteiger partial charge on any atom is -0.465 e. The van der Waals surface area contributed by atoms with E-state index in [1.54, 1.807) is 19.1 Å². The van der Waals surface area contributed by atoms with Crippen molar-refractivity contribution in [3.8, 4) is 0 Å². The second-order valence-corrected chi connectivity index (χ2v) is 5.25. The van der Waals surface area contributed by atoms with Crippen LogP contribution in [0.4, 0.5) is 11.4 Å². The molecular weight excluding hydrogens is 340 g/mol. The summed E-state index contributed by atoms with van der Waals surface area (Å²) in [5, 5.41) is 10.7. The summed E-state index contributed by atoms with van der Waals surface area (Å²) in [6, 6.07) is 10.2. The van der Waals surface area contributed by atoms with Crippen molar-refractivity contribution in [2.75, 3.05) is 14.2 Å². The second kappa shape index (κ2) is 8.02. The Morgan fingerprint density at radius 3 is 1.85 bits per heavy atom. The smallest absolute Gasteiger partial charge is 0.337 e. The minimum absolute atomic E-state index is 0.0257. The first-order valence-corrected chi connectivity index (χ1v) is 7.47. The Labute approximate surface area is 149 Å². The molecule has 0 N–H and O–H groups in total. The van der Waals surface area contributed by atoms with E-state index in [1.807, 2.05) is 0 Å². The molecule has 26 heavy (non-hydrogen) atoms. The van der Waals surface area contributed by atoms with E-state index < -0.39 is 16.9 Å². The summed E-state index contributed by atoms with van der Waals surface area (Å²) in [4.78, 5) is 38.2. The molecule has 0 aromatic heterocycles. The van der Waals surface area contributed by atoms with Crippen molar-refractivity contribution in [2.45, 2.75) is 6.92 Å². The summed E-state index contributed by atoms with van der Waals surface area (Å²) in [5.74, 6) is -1.22. The van der Waals surface area contributed by atoms with Gasteiger partial charge in [-0.15, -0.1) is 0 Å². The molecule has 0 heterocycles. The fraction of sp³-hybridized carbons (Fsp3) is 0.167. The number of nitro groups is 1. The van der Waals surface area contributed by atoms with Gasteiger partial charge in [-0.05, 0) is 42.8 Å². The van der Waals surface area contributed by atoms with Crippen LogP contribution in [0.25, 0.3) is 0 Å². The number of nitro benzene ring substituents is 1. The van der Waals surface area contributed by atoms with Gasteiger partial charge < -0.3 is 9.47 Å². The Balaban J connectivity index is 2.45. The van der Waals surface area contributed by atoms with Gasteiger partial charge in [-0.3, -0.25) is 15.1 Å². The summed E-state index contributed by atoms with van der Waals surface area (Å²) < 4.78 is 9.36. The number of aliphatic imine (C=N–C) groups is 1. The summed E-state index contributed by atoms with van der Waals surface area (Å²) in [7, 11) is 2.47. The third kappa shape index (κ3) is 4.29. The standard InChI is InChI=1S/C18H16N2O6/c1-11(12-4-6-16(7-5-12)20(23)24)19-15-9-13(17(21)25-2)8-14(10-15)18(22)26-3/h4-10H,1-3H3. The van der Waals surface area contributed by atoms with Crippen LogP contribution in [0.5, 0.6) is 0 Å². The van der Waals surface area contributed by atoms with Crippen molar-refractivity contribution in [1.82, 2.24) is 0 Å². The fourth-order valence-electron chi connectivity index (χ4n) is 2.23. The average Bonchev–Trinajstić information content (AvgIpc) is 2.66. The summed E-state index contributed by atoms with van der Waals surface area (Å²) >= 11 is 0. The number of methoxy groups -OCH3 is 2. The SMILES string of the molecule is COC(=O)c1cc(N=C(C)c2ccc([N+](=O)[O-])cc2)cc(C(=O)OC)c1. The van der Waals surface area contributed by atoms with Gasteiger partial charge in [0.1, 0.15) is 0 Å². The number of esters is 2. The van der Waals surface area contributed by atoms with E-state index in [0.717, 1.165) is 0 Å². The van der Waals surface area contributed by atoms with E-state index in [4.69, 9.17) is 0 Å². The molecular formula is C18H16N2O6. The van der Waals surface area contributed by atoms with Gasteiger partial charge in [-0.25, -0.2) is 9.59 Å². The van der Waals surface area contributed by atoms with Crippen LogP contribution in [-0.2, 0) is 9.47 Å². The maximum atomic E-state index is 11.8. The Morgan fingerprint density at radius 1 is 0.923 bits per heavy atom. The van der Waals surface area contributed by atoms with Crippen LogP contribution in [0.2, 0.25) is 0 Å². The molecule has 0 atom stereocenters. The predicted molar refractivity (Wildman–Crippen MR) is 94.1 cm³/mol. The zero-order valence-electron chi connectivity index (χ0n) is 14.4. The van der Waals surface area contributed by atoms with Crippen LogP contribution in [0.3, 0.4) is 0 Å². The van der Waals surface area contributed by atoms with Gasteiger partial charge in [0.15, 0.2) is 0 Å². The van der Waals surface area contributed by atoms with Gasteiger partial charge in [-0.2, -0.15) is 0 Å². The third-order valence-corrected chi connectivity index (χ3v) is 3.55. The molecule has 0 radical (unpaired) electrons. The van der Waals surface area contributed by atoms with Gasteiger partial charge in [0.25, 0.3) is 5.69 Å². The van der Waals surface area contributed by atoms with Crippen molar-refractivity contribution >= 4 is 29.0 Å². The summed E-state index contributed by atoms with van der Waals surface area (Å²) in [5.41, 5.74) is 1.86. The molecule has 0 fully saturated rings. The number of hydrogen-bond acceptors (Lipinski definition) is 7. The Morgan fingerprint density at radius 2 is 1.42 bits per heavy atom. The van der Waals surface area contributed by atoms with Crippen LogP contribution < -0.4 is 0 Å². The van der Waals surface area contributed by atoms with Gasteiger partial charge in [0.2, 0.25) is 0 Å². The van der Waals surface area contributed by atoms with E-state index in [1.165, 1.54) is 44.6 Å². The lowest BCUT2D eigenvalue weighted by Gasteiger charge is -2.07. The number of nitrogens with zero attached hydrogens (tertiary/aromatic N) is 2. The quantitative estimate of drug-likeness (QED) is 0.352. The molecule has 0 saturated carbocycles. The average molecular weight is 356 g/mol. The normalized spacial score (nSPS) is 11.0. The fourth-order valence-corrected chi connectivity index (χ4v) is 2.23. The van der Waals surface area contributed by atoms with E-state index >= 15 is 0 Å². The molecule has 2 aromatic carbocycles. The third-order valence-electron chi connectivity index (χ3n) is 3.55. The number of benzene rings is 2. The number of ether oxygens (including phenoxy) is 2. The van der Waals surface area contributed by atoms with Crippen LogP contribution in [0.15, 0.2) is 47.5 Å². The van der Waals surface area contributed by atoms with Crippen LogP contribution >= 0.6 is 0 Å². The van der Waals surface area contributed by atoms with E-state index in [0.29, 0.717) is 17.0 Å². The lowest BCUT2D eigenvalue weighted by atomic mass is 10.1. The molecule has 0 aliphatic carbocycles. The molecule has 0 aliphatic rings. The van der Waals surface area contributed by atoms with Crippen molar-refractivity contribution in [3.63, 3.8) is 0 Å². The van der Waals surface area contributed by atoms with Crippen LogP contribution in [-0.4, -0.2) is 36.8 Å². The Hall–Kier alpha value is -3.55. The van der Waals surface area contributed by atoms with Gasteiger partial charge in [0, 0.05) is 17.8 Å². The first kappa shape index (κ1) is 18.8. The highest BCUT2D eigenvalue weighted by Gasteiger charge is 2.14. The van der Waals surface area contributed by atoms with E-state index in [-0.39, 0.29) is 16.8 Å². The number of carbonyl (C=O) groups is 2. The molecule has 134 valence electrons. The molecule has 0 saturated heterocycles. The van der Waals surface area contributed by atoms with Crippen molar-refractivity contribution in [2.24, 2.45) is 4.99 Å². The highest BCUT2D eigenvalue weighted by Crippen LogP contribution is 2.21. The monoisotopic (exact) mass is 356 g/mol. The molecule has 2 rings (SSSR count). The Kier molecular flexibility index (Phi) is 5.79. The molecule has 0 spiro atoms. The molecule has 0 amide bonds.